The van der Waals surface area contributed by atoms with Crippen LogP contribution >= 0.6 is 0 Å². The van der Waals surface area contributed by atoms with Crippen molar-refractivity contribution in [3.05, 3.63) is 0 Å². The van der Waals surface area contributed by atoms with Gasteiger partial charge in [0.05, 0.1) is 0 Å². The van der Waals surface area contributed by atoms with E-state index in [9.17, 15) is 73.5 Å². The van der Waals surface area contributed by atoms with Crippen LogP contribution in [-0.4, -0.2) is 252 Å². The first-order valence-corrected chi connectivity index (χ1v) is 59.8. The molecule has 28 heteroatoms. The average Bonchev–Trinajstić information content (AvgIpc) is 0.893. The Hall–Kier alpha value is -5.62. The van der Waals surface area contributed by atoms with Gasteiger partial charge in [-0.3, -0.25) is 57.7 Å². The molecule has 5 unspecified atom stereocenters. The maximum absolute atomic E-state index is 14.1. The van der Waals surface area contributed by atoms with Crippen molar-refractivity contribution in [1.82, 2.24) is 41.3 Å². The Kier molecular flexibility index (Phi) is 96.7. The van der Waals surface area contributed by atoms with Crippen LogP contribution in [0.4, 0.5) is 0 Å². The van der Waals surface area contributed by atoms with Gasteiger partial charge >= 0.3 is 29.8 Å². The Morgan fingerprint density at radius 2 is 0.312 bits per heavy atom. The molecule has 0 bridgehead atoms. The second kappa shape index (κ2) is 101. The lowest BCUT2D eigenvalue weighted by molar-refractivity contribution is -0.151. The zero-order valence-electron chi connectivity index (χ0n) is 93.8. The molecule has 0 fully saturated rings. The maximum atomic E-state index is 14.1. The summed E-state index contributed by atoms with van der Waals surface area (Å²) in [5, 5.41) is 72.8. The molecule has 0 aromatic heterocycles. The molecule has 0 rings (SSSR count). The number of unbranched alkanes of at least 4 members (excludes halogenated alkanes) is 40. The van der Waals surface area contributed by atoms with Gasteiger partial charge in [0, 0.05) is 97.6 Å². The minimum atomic E-state index is -1.69. The summed E-state index contributed by atoms with van der Waals surface area (Å²) in [5.41, 5.74) is 0. The van der Waals surface area contributed by atoms with Gasteiger partial charge < -0.3 is 80.7 Å². The summed E-state index contributed by atoms with van der Waals surface area (Å²) in [6.45, 7) is 20.6. The third kappa shape index (κ3) is 85.1. The van der Waals surface area contributed by atoms with Gasteiger partial charge in [0.25, 0.3) is 0 Å². The number of amides is 5. The average molecular weight is 2050 g/mol. The van der Waals surface area contributed by atoms with Crippen LogP contribution in [0.5, 0.6) is 0 Å². The molecule has 5 atom stereocenters. The van der Waals surface area contributed by atoms with E-state index in [4.69, 9.17) is 23.7 Å². The van der Waals surface area contributed by atoms with E-state index in [0.717, 1.165) is 385 Å². The maximum Gasteiger partial charge on any atom is 0.306 e. The van der Waals surface area contributed by atoms with Crippen LogP contribution in [0.2, 0.25) is 0 Å². The molecule has 0 radical (unpaired) electrons. The van der Waals surface area contributed by atoms with Crippen LogP contribution in [0.1, 0.15) is 532 Å². The van der Waals surface area contributed by atoms with Crippen molar-refractivity contribution < 1.29 is 97.2 Å². The van der Waals surface area contributed by atoms with Crippen molar-refractivity contribution in [2.75, 3.05) is 91.6 Å². The number of hydrogen-bond donors (Lipinski definition) is 10. The van der Waals surface area contributed by atoms with Crippen molar-refractivity contribution in [2.45, 2.75) is 593 Å². The molecule has 0 aliphatic rings. The molecule has 0 heterocycles. The van der Waals surface area contributed by atoms with Crippen molar-refractivity contribution >= 4 is 59.4 Å². The van der Waals surface area contributed by atoms with Crippen molar-refractivity contribution in [1.29, 1.82) is 0 Å². The molecule has 0 aromatic rings. The number of rotatable bonds is 108. The van der Waals surface area contributed by atoms with Gasteiger partial charge in [0.2, 0.25) is 29.5 Å². The molecular weight excluding hydrogens is 1830 g/mol. The molecule has 0 aliphatic carbocycles. The molecule has 144 heavy (non-hydrogen) atoms. The summed E-state index contributed by atoms with van der Waals surface area (Å²) < 4.78 is 30.3. The minimum absolute atomic E-state index is 0.0332. The fourth-order valence-electron chi connectivity index (χ4n) is 18.6. The highest BCUT2D eigenvalue weighted by Crippen LogP contribution is 2.25. The number of carbonyl (C=O) groups excluding carboxylic acids is 10. The van der Waals surface area contributed by atoms with Gasteiger partial charge in [0.1, 0.15) is 61.0 Å². The van der Waals surface area contributed by atoms with Crippen LogP contribution in [0.15, 0.2) is 0 Å². The molecule has 28 nitrogen and oxygen atoms in total. The van der Waals surface area contributed by atoms with Crippen molar-refractivity contribution in [2.24, 2.45) is 0 Å². The predicted molar refractivity (Wildman–Crippen MR) is 583 cm³/mol. The first-order chi connectivity index (χ1) is 69.9. The van der Waals surface area contributed by atoms with E-state index in [-0.39, 0.29) is 229 Å². The number of aliphatic hydroxyl groups excluding tert-OH is 5. The topological polar surface area (TPSA) is 388 Å². The van der Waals surface area contributed by atoms with Crippen LogP contribution < -0.4 is 26.6 Å². The number of esters is 5. The second-order valence-electron chi connectivity index (χ2n) is 41.7. The normalized spacial score (nSPS) is 12.8. The lowest BCUT2D eigenvalue weighted by Crippen LogP contribution is -2.49. The van der Waals surface area contributed by atoms with E-state index in [1.165, 1.54) is 0 Å². The van der Waals surface area contributed by atoms with Crippen LogP contribution in [0, 0.1) is 0 Å². The third-order valence-corrected chi connectivity index (χ3v) is 27.6. The molecule has 0 aliphatic heterocycles. The molecule has 5 amide bonds. The fraction of sp³-hybridized carbons (Fsp3) is 0.914. The van der Waals surface area contributed by atoms with Gasteiger partial charge in [0.15, 0.2) is 0 Å². The SMILES string of the molecule is CCCCCCCC(CCCCCCC)OC(=O)CCCNC(=O)C(O)CN(CCCN(CC(O)C(=O)NCCCC(=O)OC(CCCCCCC)CCCCCCC)CC(O)C(=O)NCCCC(=O)OC(CCCCCCC)CCCCCCC)CCCN(CC(O)C(=O)NCCCC(=O)OC(CCCCCCC)CCCCCCC)CC(O)C(=O)NCCCC(=O)OC(CCCCCCC)CCCCCCC. The second-order valence-corrected chi connectivity index (χ2v) is 41.7. The third-order valence-electron chi connectivity index (χ3n) is 27.6. The van der Waals surface area contributed by atoms with E-state index < -0.39 is 60.1 Å². The van der Waals surface area contributed by atoms with Gasteiger partial charge in [-0.25, -0.2) is 0 Å². The van der Waals surface area contributed by atoms with Crippen LogP contribution in [0.3, 0.4) is 0 Å². The zero-order chi connectivity index (χ0) is 106. The Morgan fingerprint density at radius 1 is 0.181 bits per heavy atom. The Labute approximate surface area is 877 Å². The largest absolute Gasteiger partial charge is 0.462 e. The summed E-state index contributed by atoms with van der Waals surface area (Å²) in [7, 11) is 0. The Bertz CT molecular complexity index is 2680. The monoisotopic (exact) mass is 2050 g/mol. The summed E-state index contributed by atoms with van der Waals surface area (Å²) in [6, 6.07) is 0. The summed E-state index contributed by atoms with van der Waals surface area (Å²) in [5.74, 6) is -5.48. The number of carbonyl (C=O) groups is 10. The first kappa shape index (κ1) is 138. The fourth-order valence-corrected chi connectivity index (χ4v) is 18.6. The van der Waals surface area contributed by atoms with Gasteiger partial charge in [-0.1, -0.05) is 326 Å². The zero-order valence-corrected chi connectivity index (χ0v) is 93.8. The van der Waals surface area contributed by atoms with E-state index in [0.29, 0.717) is 0 Å². The highest BCUT2D eigenvalue weighted by atomic mass is 16.6. The number of nitrogens with zero attached hydrogens (tertiary/aromatic N) is 3. The summed E-state index contributed by atoms with van der Waals surface area (Å²) in [4.78, 5) is 142. The van der Waals surface area contributed by atoms with Gasteiger partial charge in [-0.2, -0.15) is 0 Å². The summed E-state index contributed by atoms with van der Waals surface area (Å²) in [6.07, 6.45) is 55.1. The van der Waals surface area contributed by atoms with E-state index in [2.05, 4.69) is 95.8 Å². The first-order valence-electron chi connectivity index (χ1n) is 59.8. The number of nitrogens with one attached hydrogen (secondary N) is 5. The molecule has 0 aromatic carbocycles. The van der Waals surface area contributed by atoms with Gasteiger partial charge in [-0.05, 0) is 200 Å². The highest BCUT2D eigenvalue weighted by Gasteiger charge is 2.30. The minimum Gasteiger partial charge on any atom is -0.462 e. The lowest BCUT2D eigenvalue weighted by Gasteiger charge is -2.30. The van der Waals surface area contributed by atoms with Crippen molar-refractivity contribution in [3.63, 3.8) is 0 Å². The lowest BCUT2D eigenvalue weighted by atomic mass is 10.0. The number of aliphatic hydroxyl groups is 5. The molecule has 846 valence electrons. The molecule has 0 saturated carbocycles. The summed E-state index contributed by atoms with van der Waals surface area (Å²) >= 11 is 0. The number of hydrogen-bond acceptors (Lipinski definition) is 23. The van der Waals surface area contributed by atoms with E-state index >= 15 is 0 Å². The molecule has 0 spiro atoms. The van der Waals surface area contributed by atoms with E-state index in [1.54, 1.807) is 14.7 Å². The predicted octanol–water partition coefficient (Wildman–Crippen LogP) is 22.1. The Balaban J connectivity index is 7.60. The van der Waals surface area contributed by atoms with Gasteiger partial charge in [-0.15, -0.1) is 0 Å². The molecule has 10 N–H and O–H groups in total. The standard InChI is InChI=1S/C116H222N8O20/c1-11-21-31-41-51-68-97(69-52-42-32-22-12-2)140-107(130)78-61-83-117-112(135)102(125)92-122(88-66-90-123(93-103(126)113(136)118-84-62-79-108(131)141-98(70-53-43-33-23-13-3)71-54-44-34-24-14-4)94-104(127)114(137)119-85-63-80-109(132)142-99(72-55-45-35-25-15-5)73-56-46-36-26-16-6)89-67-91-124(95-105(128)115(138)120-86-64-81-110(133)143-100(74-57-47-37-27-17-7)75-58-48-38-28-18-8)96-106(129)116(139)121-87-65-82-111(134)144-101(76-59-49-39-29-19-9)77-60-50-40-30-20-10/h97-106,125-129H,11-96H2,1-10H3,(H,117,135)(H,118,136)(H,119,137)(H,120,138)(H,121,139). The number of ether oxygens (including phenoxy) is 5. The molecular formula is C116H222N8O20. The smallest absolute Gasteiger partial charge is 0.306 e. The Morgan fingerprint density at radius 3 is 0.458 bits per heavy atom. The van der Waals surface area contributed by atoms with Crippen LogP contribution in [-0.2, 0) is 71.6 Å². The highest BCUT2D eigenvalue weighted by molar-refractivity contribution is 5.83. The van der Waals surface area contributed by atoms with E-state index in [1.807, 2.05) is 0 Å². The quantitative estimate of drug-likeness (QED) is 0.0154. The van der Waals surface area contributed by atoms with Crippen LogP contribution in [0.25, 0.3) is 0 Å². The van der Waals surface area contributed by atoms with Crippen molar-refractivity contribution in [3.8, 4) is 0 Å². The molecule has 0 saturated heterocycles.